The molecule has 1 saturated heterocycles. The first-order chi connectivity index (χ1) is 17.0. The number of rotatable bonds is 6. The van der Waals surface area contributed by atoms with Gasteiger partial charge in [0.05, 0.1) is 28.5 Å². The summed E-state index contributed by atoms with van der Waals surface area (Å²) in [5, 5.41) is 30.6. The van der Waals surface area contributed by atoms with Crippen molar-refractivity contribution in [1.29, 1.82) is 10.5 Å². The Morgan fingerprint density at radius 3 is 2.63 bits per heavy atom. The number of halogens is 1. The van der Waals surface area contributed by atoms with Crippen LogP contribution in [0.25, 0.3) is 5.65 Å². The number of amides is 1. The number of nitrogens with one attached hydrogen (secondary N) is 2. The summed E-state index contributed by atoms with van der Waals surface area (Å²) in [5.41, 5.74) is 2.62. The van der Waals surface area contributed by atoms with Crippen molar-refractivity contribution < 1.29 is 4.79 Å². The van der Waals surface area contributed by atoms with E-state index < -0.39 is 0 Å². The van der Waals surface area contributed by atoms with Crippen LogP contribution in [0.4, 0.5) is 17.5 Å². The van der Waals surface area contributed by atoms with Crippen LogP contribution in [0.3, 0.4) is 0 Å². The molecule has 2 aliphatic rings. The highest BCUT2D eigenvalue weighted by molar-refractivity contribution is 6.34. The third-order valence-electron chi connectivity index (χ3n) is 6.46. The highest BCUT2D eigenvalue weighted by Gasteiger charge is 2.27. The van der Waals surface area contributed by atoms with Crippen molar-refractivity contribution in [2.45, 2.75) is 51.0 Å². The maximum atomic E-state index is 12.1. The van der Waals surface area contributed by atoms with Crippen molar-refractivity contribution >= 4 is 40.6 Å². The summed E-state index contributed by atoms with van der Waals surface area (Å²) in [6.45, 7) is 3.20. The lowest BCUT2D eigenvalue weighted by Crippen LogP contribution is -2.37. The quantitative estimate of drug-likeness (QED) is 0.531. The molecule has 2 N–H and O–H groups in total. The molecule has 178 valence electrons. The SMILES string of the molecule is CCC(=O)N1CCC(c2cc(C#N)cc(Nc3nc(NC4CC4)c4ncc(C#N)n4n3)c2Cl)CC1. The molecule has 1 aliphatic carbocycles. The minimum Gasteiger partial charge on any atom is -0.364 e. The van der Waals surface area contributed by atoms with Crippen LogP contribution in [0.1, 0.15) is 61.8 Å². The first-order valence-corrected chi connectivity index (χ1v) is 12.1. The molecule has 0 bridgehead atoms. The van der Waals surface area contributed by atoms with Crippen molar-refractivity contribution in [2.75, 3.05) is 23.7 Å². The summed E-state index contributed by atoms with van der Waals surface area (Å²) < 4.78 is 1.45. The lowest BCUT2D eigenvalue weighted by Gasteiger charge is -2.32. The van der Waals surface area contributed by atoms with E-state index in [1.165, 1.54) is 10.7 Å². The Morgan fingerprint density at radius 1 is 1.20 bits per heavy atom. The predicted octanol–water partition coefficient (Wildman–Crippen LogP) is 3.95. The van der Waals surface area contributed by atoms with E-state index in [2.05, 4.69) is 37.8 Å². The lowest BCUT2D eigenvalue weighted by molar-refractivity contribution is -0.131. The topological polar surface area (TPSA) is 135 Å². The minimum absolute atomic E-state index is 0.131. The molecule has 3 heterocycles. The fraction of sp³-hybridized carbons (Fsp3) is 0.417. The number of likely N-dealkylation sites (tertiary alicyclic amines) is 1. The predicted molar refractivity (Wildman–Crippen MR) is 130 cm³/mol. The Hall–Kier alpha value is -3.89. The first-order valence-electron chi connectivity index (χ1n) is 11.7. The van der Waals surface area contributed by atoms with E-state index in [1.807, 2.05) is 17.9 Å². The molecule has 0 unspecified atom stereocenters. The van der Waals surface area contributed by atoms with Gasteiger partial charge < -0.3 is 15.5 Å². The molecule has 1 amide bonds. The maximum absolute atomic E-state index is 12.1. The number of nitrogens with zero attached hydrogens (tertiary/aromatic N) is 7. The summed E-state index contributed by atoms with van der Waals surface area (Å²) in [6, 6.07) is 8.12. The molecule has 2 aromatic heterocycles. The summed E-state index contributed by atoms with van der Waals surface area (Å²) in [7, 11) is 0. The van der Waals surface area contributed by atoms with Crippen LogP contribution in [0.15, 0.2) is 18.3 Å². The Balaban J connectivity index is 1.47. The standard InChI is InChI=1S/C24H24ClN9O/c1-2-20(35)33-7-5-15(6-8-33)18-9-14(11-26)10-19(21(18)25)30-24-31-22(29-16-3-4-16)23-28-13-17(12-27)34(23)32-24/h9-10,13,15-16H,2-8H2,1H3,(H2,29,30,31,32). The smallest absolute Gasteiger partial charge is 0.247 e. The maximum Gasteiger partial charge on any atom is 0.247 e. The molecule has 1 saturated carbocycles. The van der Waals surface area contributed by atoms with E-state index in [0.29, 0.717) is 53.3 Å². The fourth-order valence-corrected chi connectivity index (χ4v) is 4.72. The van der Waals surface area contributed by atoms with Gasteiger partial charge in [0.2, 0.25) is 11.9 Å². The van der Waals surface area contributed by atoms with Crippen molar-refractivity contribution in [2.24, 2.45) is 0 Å². The van der Waals surface area contributed by atoms with Crippen LogP contribution in [0.2, 0.25) is 5.02 Å². The summed E-state index contributed by atoms with van der Waals surface area (Å²) in [4.78, 5) is 22.8. The molecular formula is C24H24ClN9O. The third kappa shape index (κ3) is 4.58. The van der Waals surface area contributed by atoms with Crippen molar-refractivity contribution in [3.05, 3.63) is 40.2 Å². The first kappa shape index (κ1) is 22.9. The van der Waals surface area contributed by atoms with E-state index in [1.54, 1.807) is 6.07 Å². The van der Waals surface area contributed by atoms with Crippen LogP contribution < -0.4 is 10.6 Å². The Labute approximate surface area is 207 Å². The number of carbonyl (C=O) groups is 1. The Bertz CT molecular complexity index is 1370. The number of carbonyl (C=O) groups excluding carboxylic acids is 1. The summed E-state index contributed by atoms with van der Waals surface area (Å²) in [5.74, 6) is 1.06. The number of piperidine rings is 1. The van der Waals surface area contributed by atoms with Gasteiger partial charge in [-0.3, -0.25) is 4.79 Å². The number of anilines is 3. The molecule has 11 heteroatoms. The van der Waals surface area contributed by atoms with Gasteiger partial charge in [-0.25, -0.2) is 4.98 Å². The number of benzene rings is 1. The second kappa shape index (κ2) is 9.40. The van der Waals surface area contributed by atoms with Gasteiger partial charge in [0.15, 0.2) is 17.2 Å². The molecule has 0 atom stereocenters. The van der Waals surface area contributed by atoms with Crippen molar-refractivity contribution in [3.63, 3.8) is 0 Å². The van der Waals surface area contributed by atoms with E-state index in [9.17, 15) is 15.3 Å². The average molecular weight is 490 g/mol. The average Bonchev–Trinajstić information content (AvgIpc) is 3.60. The van der Waals surface area contributed by atoms with Gasteiger partial charge in [-0.1, -0.05) is 18.5 Å². The monoisotopic (exact) mass is 489 g/mol. The zero-order valence-corrected chi connectivity index (χ0v) is 20.0. The van der Waals surface area contributed by atoms with E-state index >= 15 is 0 Å². The van der Waals surface area contributed by atoms with Crippen molar-refractivity contribution in [3.8, 4) is 12.1 Å². The molecule has 3 aromatic rings. The second-order valence-corrected chi connectivity index (χ2v) is 9.24. The molecule has 0 spiro atoms. The van der Waals surface area contributed by atoms with Gasteiger partial charge in [0.25, 0.3) is 0 Å². The molecule has 10 nitrogen and oxygen atoms in total. The van der Waals surface area contributed by atoms with Gasteiger partial charge in [-0.2, -0.15) is 20.0 Å². The second-order valence-electron chi connectivity index (χ2n) is 8.87. The molecular weight excluding hydrogens is 466 g/mol. The molecule has 1 aromatic carbocycles. The number of hydrogen-bond acceptors (Lipinski definition) is 8. The van der Waals surface area contributed by atoms with E-state index in [0.717, 1.165) is 31.2 Å². The molecule has 5 rings (SSSR count). The fourth-order valence-electron chi connectivity index (χ4n) is 4.41. The third-order valence-corrected chi connectivity index (χ3v) is 6.88. The number of aromatic nitrogens is 4. The van der Waals surface area contributed by atoms with Crippen LogP contribution in [-0.4, -0.2) is 49.5 Å². The molecule has 1 aliphatic heterocycles. The summed E-state index contributed by atoms with van der Waals surface area (Å²) >= 11 is 6.84. The largest absolute Gasteiger partial charge is 0.364 e. The normalized spacial score (nSPS) is 16.1. The van der Waals surface area contributed by atoms with Gasteiger partial charge in [0, 0.05) is 25.6 Å². The summed E-state index contributed by atoms with van der Waals surface area (Å²) in [6.07, 6.45) is 5.61. The lowest BCUT2D eigenvalue weighted by atomic mass is 9.88. The molecule has 2 fully saturated rings. The van der Waals surface area contributed by atoms with Crippen LogP contribution in [0.5, 0.6) is 0 Å². The number of imidazole rings is 1. The zero-order valence-electron chi connectivity index (χ0n) is 19.3. The van der Waals surface area contributed by atoms with Gasteiger partial charge in [-0.15, -0.1) is 5.10 Å². The highest BCUT2D eigenvalue weighted by Crippen LogP contribution is 2.39. The Morgan fingerprint density at radius 2 is 1.97 bits per heavy atom. The van der Waals surface area contributed by atoms with Crippen LogP contribution >= 0.6 is 11.6 Å². The van der Waals surface area contributed by atoms with Crippen LogP contribution in [0, 0.1) is 22.7 Å². The van der Waals surface area contributed by atoms with E-state index in [4.69, 9.17) is 11.6 Å². The highest BCUT2D eigenvalue weighted by atomic mass is 35.5. The number of fused-ring (bicyclic) bond motifs is 1. The Kier molecular flexibility index (Phi) is 6.14. The number of nitriles is 2. The minimum atomic E-state index is 0.131. The van der Waals surface area contributed by atoms with Crippen molar-refractivity contribution in [1.82, 2.24) is 24.5 Å². The molecule has 35 heavy (non-hydrogen) atoms. The van der Waals surface area contributed by atoms with Gasteiger partial charge in [0.1, 0.15) is 6.07 Å². The number of hydrogen-bond donors (Lipinski definition) is 2. The van der Waals surface area contributed by atoms with Gasteiger partial charge >= 0.3 is 0 Å². The van der Waals surface area contributed by atoms with Crippen LogP contribution in [-0.2, 0) is 4.79 Å². The van der Waals surface area contributed by atoms with E-state index in [-0.39, 0.29) is 23.5 Å². The van der Waals surface area contributed by atoms with Gasteiger partial charge in [-0.05, 0) is 49.3 Å². The molecule has 0 radical (unpaired) electrons. The zero-order chi connectivity index (χ0) is 24.5.